The summed E-state index contributed by atoms with van der Waals surface area (Å²) in [5.41, 5.74) is 0. The number of likely N-dealkylation sites (N-methyl/N-ethyl adjacent to an activating group) is 1. The molecule has 0 aliphatic carbocycles. The molecule has 35 heavy (non-hydrogen) atoms. The Kier molecular flexibility index (Phi) is 19.1. The van der Waals surface area contributed by atoms with Crippen molar-refractivity contribution in [1.82, 2.24) is 5.32 Å². The van der Waals surface area contributed by atoms with Gasteiger partial charge in [0.05, 0.1) is 39.9 Å². The largest absolute Gasteiger partial charge is 0.472 e. The van der Waals surface area contributed by atoms with E-state index in [1.54, 1.807) is 6.08 Å². The number of hydrogen-bond donors (Lipinski definition) is 3. The SMILES string of the molecule is CC/C=C/CC/C=C/CC/C=C/C(O)C(COP(=O)(O)OCC[N+](C)(C)C)NC(=O)CCCCC. The molecule has 3 N–H and O–H groups in total. The minimum atomic E-state index is -4.31. The summed E-state index contributed by atoms with van der Waals surface area (Å²) < 4.78 is 23.0. The van der Waals surface area contributed by atoms with Gasteiger partial charge in [-0.2, -0.15) is 0 Å². The van der Waals surface area contributed by atoms with Crippen molar-refractivity contribution < 1.29 is 32.9 Å². The van der Waals surface area contributed by atoms with Crippen molar-refractivity contribution >= 4 is 13.7 Å². The number of hydrogen-bond acceptors (Lipinski definition) is 5. The number of carbonyl (C=O) groups is 1. The molecule has 0 radical (unpaired) electrons. The second kappa shape index (κ2) is 19.9. The number of carbonyl (C=O) groups excluding carboxylic acids is 1. The van der Waals surface area contributed by atoms with Crippen LogP contribution in [0.4, 0.5) is 0 Å². The molecule has 0 heterocycles. The van der Waals surface area contributed by atoms with Crippen molar-refractivity contribution in [2.45, 2.75) is 83.8 Å². The average molecular weight is 518 g/mol. The van der Waals surface area contributed by atoms with Crippen LogP contribution in [0, 0.1) is 0 Å². The third-order valence-corrected chi connectivity index (χ3v) is 6.09. The summed E-state index contributed by atoms with van der Waals surface area (Å²) in [4.78, 5) is 22.3. The standard InChI is InChI=1S/C26H49N2O6P/c1-6-8-10-11-12-13-14-15-16-18-19-25(29)24(27-26(30)20-17-9-7-2)23-34-35(31,32)33-22-21-28(3,4)5/h8,10,13-14,18-19,24-25,29H,6-7,9,11-12,15-17,20-23H2,1-5H3,(H-,27,30,31,32)/p+1/b10-8+,14-13+,19-18+. The molecule has 8 nitrogen and oxygen atoms in total. The second-order valence-electron chi connectivity index (χ2n) is 9.67. The number of quaternary nitrogens is 1. The number of phosphoric acid groups is 1. The van der Waals surface area contributed by atoms with Crippen LogP contribution in [0.25, 0.3) is 0 Å². The molecule has 0 fully saturated rings. The van der Waals surface area contributed by atoms with Crippen molar-refractivity contribution in [1.29, 1.82) is 0 Å². The molecule has 0 aromatic carbocycles. The van der Waals surface area contributed by atoms with E-state index >= 15 is 0 Å². The monoisotopic (exact) mass is 517 g/mol. The molecule has 0 saturated heterocycles. The zero-order chi connectivity index (χ0) is 26.6. The fourth-order valence-electron chi connectivity index (χ4n) is 2.96. The lowest BCUT2D eigenvalue weighted by Crippen LogP contribution is -2.45. The fourth-order valence-corrected chi connectivity index (χ4v) is 3.69. The Hall–Kier alpha value is -1.28. The van der Waals surface area contributed by atoms with Gasteiger partial charge in [0.1, 0.15) is 13.2 Å². The van der Waals surface area contributed by atoms with Gasteiger partial charge in [-0.25, -0.2) is 4.57 Å². The Morgan fingerprint density at radius 2 is 1.57 bits per heavy atom. The lowest BCUT2D eigenvalue weighted by atomic mass is 10.1. The molecule has 0 rings (SSSR count). The van der Waals surface area contributed by atoms with Crippen LogP contribution in [0.5, 0.6) is 0 Å². The average Bonchev–Trinajstić information content (AvgIpc) is 2.76. The van der Waals surface area contributed by atoms with E-state index in [1.807, 2.05) is 27.2 Å². The lowest BCUT2D eigenvalue weighted by Gasteiger charge is -2.25. The number of nitrogens with zero attached hydrogens (tertiary/aromatic N) is 1. The molecule has 1 amide bonds. The van der Waals surface area contributed by atoms with Gasteiger partial charge >= 0.3 is 7.82 Å². The number of phosphoric ester groups is 1. The first-order valence-electron chi connectivity index (χ1n) is 12.9. The molecule has 3 unspecified atom stereocenters. The number of nitrogens with one attached hydrogen (secondary N) is 1. The van der Waals surface area contributed by atoms with E-state index in [9.17, 15) is 19.4 Å². The van der Waals surface area contributed by atoms with Gasteiger partial charge < -0.3 is 19.8 Å². The van der Waals surface area contributed by atoms with E-state index in [2.05, 4.69) is 43.5 Å². The quantitative estimate of drug-likeness (QED) is 0.0867. The molecule has 0 aromatic heterocycles. The van der Waals surface area contributed by atoms with Crippen LogP contribution >= 0.6 is 7.82 Å². The van der Waals surface area contributed by atoms with Crippen LogP contribution < -0.4 is 5.32 Å². The Morgan fingerprint density at radius 3 is 2.14 bits per heavy atom. The maximum atomic E-state index is 12.3. The predicted octanol–water partition coefficient (Wildman–Crippen LogP) is 4.89. The number of amides is 1. The highest BCUT2D eigenvalue weighted by atomic mass is 31.2. The summed E-state index contributed by atoms with van der Waals surface area (Å²) in [6, 6.07) is -0.858. The van der Waals surface area contributed by atoms with Crippen LogP contribution in [0.15, 0.2) is 36.5 Å². The van der Waals surface area contributed by atoms with Crippen LogP contribution in [-0.4, -0.2) is 73.4 Å². The first kappa shape index (κ1) is 33.7. The van der Waals surface area contributed by atoms with E-state index in [1.165, 1.54) is 0 Å². The maximum absolute atomic E-state index is 12.3. The normalized spacial score (nSPS) is 16.2. The molecular formula is C26H50N2O6P+. The molecule has 204 valence electrons. The zero-order valence-corrected chi connectivity index (χ0v) is 23.4. The Bertz CT molecular complexity index is 688. The summed E-state index contributed by atoms with van der Waals surface area (Å²) in [5, 5.41) is 13.3. The van der Waals surface area contributed by atoms with Gasteiger partial charge in [0, 0.05) is 6.42 Å². The predicted molar refractivity (Wildman–Crippen MR) is 143 cm³/mol. The minimum Gasteiger partial charge on any atom is -0.387 e. The first-order valence-corrected chi connectivity index (χ1v) is 14.4. The molecule has 9 heteroatoms. The van der Waals surface area contributed by atoms with Crippen LogP contribution in [0.3, 0.4) is 0 Å². The number of allylic oxidation sites excluding steroid dienone is 5. The van der Waals surface area contributed by atoms with Gasteiger partial charge in [-0.15, -0.1) is 0 Å². The minimum absolute atomic E-state index is 0.0518. The van der Waals surface area contributed by atoms with Crippen molar-refractivity contribution in [2.24, 2.45) is 0 Å². The zero-order valence-electron chi connectivity index (χ0n) is 22.5. The summed E-state index contributed by atoms with van der Waals surface area (Å²) in [6.07, 6.45) is 18.7. The van der Waals surface area contributed by atoms with Gasteiger partial charge in [-0.1, -0.05) is 63.1 Å². The lowest BCUT2D eigenvalue weighted by molar-refractivity contribution is -0.870. The summed E-state index contributed by atoms with van der Waals surface area (Å²) in [6.45, 7) is 4.41. The van der Waals surface area contributed by atoms with Crippen LogP contribution in [0.1, 0.15) is 71.6 Å². The first-order chi connectivity index (χ1) is 16.5. The number of rotatable bonds is 21. The third-order valence-electron chi connectivity index (χ3n) is 5.10. The number of aliphatic hydroxyl groups is 1. The molecule has 0 aromatic rings. The van der Waals surface area contributed by atoms with Crippen molar-refractivity contribution in [3.05, 3.63) is 36.5 Å². The van der Waals surface area contributed by atoms with E-state index in [0.29, 0.717) is 17.4 Å². The second-order valence-corrected chi connectivity index (χ2v) is 11.1. The molecule has 0 saturated carbocycles. The molecule has 0 spiro atoms. The van der Waals surface area contributed by atoms with E-state index in [-0.39, 0.29) is 19.1 Å². The molecular weight excluding hydrogens is 467 g/mol. The van der Waals surface area contributed by atoms with E-state index in [0.717, 1.165) is 51.4 Å². The van der Waals surface area contributed by atoms with Gasteiger partial charge in [-0.05, 0) is 38.5 Å². The van der Waals surface area contributed by atoms with E-state index < -0.39 is 20.0 Å². The number of aliphatic hydroxyl groups excluding tert-OH is 1. The Balaban J connectivity index is 4.77. The van der Waals surface area contributed by atoms with Crippen molar-refractivity contribution in [2.75, 3.05) is 40.9 Å². The Labute approximate surface area is 213 Å². The molecule has 0 bridgehead atoms. The van der Waals surface area contributed by atoms with Gasteiger partial charge in [-0.3, -0.25) is 13.8 Å². The highest BCUT2D eigenvalue weighted by Crippen LogP contribution is 2.43. The maximum Gasteiger partial charge on any atom is 0.472 e. The number of unbranched alkanes of at least 4 members (excludes halogenated alkanes) is 4. The van der Waals surface area contributed by atoms with Crippen LogP contribution in [-0.2, 0) is 18.4 Å². The van der Waals surface area contributed by atoms with Crippen molar-refractivity contribution in [3.8, 4) is 0 Å². The molecule has 0 aliphatic rings. The fraction of sp³-hybridized carbons (Fsp3) is 0.731. The van der Waals surface area contributed by atoms with Gasteiger partial charge in [0.25, 0.3) is 0 Å². The van der Waals surface area contributed by atoms with Gasteiger partial charge in [0.2, 0.25) is 5.91 Å². The van der Waals surface area contributed by atoms with Crippen LogP contribution in [0.2, 0.25) is 0 Å². The molecule has 0 aliphatic heterocycles. The van der Waals surface area contributed by atoms with E-state index in [4.69, 9.17) is 9.05 Å². The highest BCUT2D eigenvalue weighted by molar-refractivity contribution is 7.47. The summed E-state index contributed by atoms with van der Waals surface area (Å²) in [7, 11) is 1.53. The molecule has 3 atom stereocenters. The smallest absolute Gasteiger partial charge is 0.387 e. The Morgan fingerprint density at radius 1 is 0.971 bits per heavy atom. The van der Waals surface area contributed by atoms with Crippen molar-refractivity contribution in [3.63, 3.8) is 0 Å². The van der Waals surface area contributed by atoms with Gasteiger partial charge in [0.15, 0.2) is 0 Å². The summed E-state index contributed by atoms with van der Waals surface area (Å²) in [5.74, 6) is -0.224. The third kappa shape index (κ3) is 21.7. The summed E-state index contributed by atoms with van der Waals surface area (Å²) >= 11 is 0. The topological polar surface area (TPSA) is 105 Å². The highest BCUT2D eigenvalue weighted by Gasteiger charge is 2.27.